The number of hydrogen-bond donors (Lipinski definition) is 3. The number of nitrogens with one attached hydrogen (secondary N) is 2. The van der Waals surface area contributed by atoms with Crippen LogP contribution in [-0.2, 0) is 23.9 Å². The zero-order valence-electron chi connectivity index (χ0n) is 24.5. The van der Waals surface area contributed by atoms with E-state index in [-0.39, 0.29) is 37.3 Å². The summed E-state index contributed by atoms with van der Waals surface area (Å²) in [7, 11) is 0. The van der Waals surface area contributed by atoms with Gasteiger partial charge in [-0.15, -0.1) is 11.3 Å². The Bertz CT molecular complexity index is 1610. The fourth-order valence-electron chi connectivity index (χ4n) is 5.10. The van der Waals surface area contributed by atoms with Gasteiger partial charge < -0.3 is 25.4 Å². The second-order valence-corrected chi connectivity index (χ2v) is 11.8. The van der Waals surface area contributed by atoms with E-state index in [0.717, 1.165) is 28.4 Å². The molecule has 0 aliphatic carbocycles. The number of alkyl halides is 3. The maximum atomic E-state index is 13.5. The van der Waals surface area contributed by atoms with Crippen molar-refractivity contribution in [3.63, 3.8) is 0 Å². The van der Waals surface area contributed by atoms with E-state index in [1.807, 2.05) is 42.6 Å². The normalized spacial score (nSPS) is 16.4. The lowest BCUT2D eigenvalue weighted by atomic mass is 10.00. The standard InChI is InChI=1S/C33H33F3N4O4S/c1-21-19-45-31(38-21)28-18-44-20-40(28)32(43)25-11-6-10-24(15-25)30(42)39-27(14-22-7-3-2-4-8-22)29(41)17-37-16-23-9-5-12-26(13-23)33(34,35)36/h2-13,15,19,27-29,37,41H,14,16-18,20H2,1H3,(H,39,42). The summed E-state index contributed by atoms with van der Waals surface area (Å²) in [6.07, 6.45) is -5.22. The van der Waals surface area contributed by atoms with Gasteiger partial charge in [0.25, 0.3) is 11.8 Å². The second kappa shape index (κ2) is 14.3. The third-order valence-electron chi connectivity index (χ3n) is 7.45. The summed E-state index contributed by atoms with van der Waals surface area (Å²) in [4.78, 5) is 33.0. The summed E-state index contributed by atoms with van der Waals surface area (Å²) in [5.74, 6) is -0.771. The van der Waals surface area contributed by atoms with E-state index in [0.29, 0.717) is 24.2 Å². The molecule has 3 atom stereocenters. The number of benzene rings is 3. The van der Waals surface area contributed by atoms with Crippen LogP contribution in [0.1, 0.15) is 54.1 Å². The van der Waals surface area contributed by atoms with Crippen LogP contribution in [0.15, 0.2) is 84.2 Å². The number of aryl methyl sites for hydroxylation is 1. The van der Waals surface area contributed by atoms with Crippen molar-refractivity contribution >= 4 is 23.2 Å². The summed E-state index contributed by atoms with van der Waals surface area (Å²) < 4.78 is 44.9. The number of hydrogen-bond acceptors (Lipinski definition) is 7. The highest BCUT2D eigenvalue weighted by Gasteiger charge is 2.34. The molecule has 1 aromatic heterocycles. The van der Waals surface area contributed by atoms with Crippen LogP contribution in [-0.4, -0.2) is 58.8 Å². The maximum absolute atomic E-state index is 13.5. The average molecular weight is 639 g/mol. The predicted octanol–water partition coefficient (Wildman–Crippen LogP) is 5.13. The highest BCUT2D eigenvalue weighted by atomic mass is 32.1. The summed E-state index contributed by atoms with van der Waals surface area (Å²) in [6.45, 7) is 2.44. The van der Waals surface area contributed by atoms with Crippen LogP contribution in [0.4, 0.5) is 13.2 Å². The van der Waals surface area contributed by atoms with Gasteiger partial charge in [0, 0.05) is 35.3 Å². The van der Waals surface area contributed by atoms with Crippen molar-refractivity contribution in [2.75, 3.05) is 19.9 Å². The van der Waals surface area contributed by atoms with Gasteiger partial charge in [-0.1, -0.05) is 54.6 Å². The van der Waals surface area contributed by atoms with Gasteiger partial charge in [0.2, 0.25) is 0 Å². The Balaban J connectivity index is 1.26. The molecule has 2 amide bonds. The van der Waals surface area contributed by atoms with Crippen molar-refractivity contribution in [3.8, 4) is 0 Å². The first kappa shape index (κ1) is 32.3. The fraction of sp³-hybridized carbons (Fsp3) is 0.303. The minimum Gasteiger partial charge on any atom is -0.390 e. The van der Waals surface area contributed by atoms with Crippen molar-refractivity contribution in [3.05, 3.63) is 123 Å². The molecular formula is C33H33F3N4O4S. The summed E-state index contributed by atoms with van der Waals surface area (Å²) >= 11 is 1.46. The van der Waals surface area contributed by atoms with E-state index < -0.39 is 29.8 Å². The van der Waals surface area contributed by atoms with Crippen molar-refractivity contribution in [2.24, 2.45) is 0 Å². The van der Waals surface area contributed by atoms with Gasteiger partial charge in [0.15, 0.2) is 0 Å². The van der Waals surface area contributed by atoms with Crippen molar-refractivity contribution in [2.45, 2.75) is 44.3 Å². The molecule has 8 nitrogen and oxygen atoms in total. The average Bonchev–Trinajstić information content (AvgIpc) is 3.70. The topological polar surface area (TPSA) is 104 Å². The molecule has 1 fully saturated rings. The first-order valence-corrected chi connectivity index (χ1v) is 15.3. The van der Waals surface area contributed by atoms with Gasteiger partial charge >= 0.3 is 6.18 Å². The third-order valence-corrected chi connectivity index (χ3v) is 8.52. The van der Waals surface area contributed by atoms with Crippen molar-refractivity contribution < 1.29 is 32.6 Å². The highest BCUT2D eigenvalue weighted by molar-refractivity contribution is 7.09. The highest BCUT2D eigenvalue weighted by Crippen LogP contribution is 2.31. The van der Waals surface area contributed by atoms with Gasteiger partial charge in [0.05, 0.1) is 24.3 Å². The predicted molar refractivity (Wildman–Crippen MR) is 164 cm³/mol. The van der Waals surface area contributed by atoms with Crippen LogP contribution in [0.25, 0.3) is 0 Å². The molecule has 3 N–H and O–H groups in total. The number of carbonyl (C=O) groups is 2. The van der Waals surface area contributed by atoms with Gasteiger partial charge in [-0.3, -0.25) is 9.59 Å². The number of aliphatic hydroxyl groups excluding tert-OH is 1. The van der Waals surface area contributed by atoms with E-state index >= 15 is 0 Å². The number of amides is 2. The zero-order chi connectivity index (χ0) is 32.0. The number of carbonyl (C=O) groups excluding carboxylic acids is 2. The number of halogens is 3. The second-order valence-electron chi connectivity index (χ2n) is 10.9. The van der Waals surface area contributed by atoms with Crippen LogP contribution in [0.3, 0.4) is 0 Å². The van der Waals surface area contributed by atoms with Gasteiger partial charge in [-0.05, 0) is 48.7 Å². The first-order valence-electron chi connectivity index (χ1n) is 14.4. The molecule has 1 aliphatic heterocycles. The van der Waals surface area contributed by atoms with E-state index in [1.165, 1.54) is 23.5 Å². The molecular weight excluding hydrogens is 605 g/mol. The lowest BCUT2D eigenvalue weighted by molar-refractivity contribution is -0.137. The summed E-state index contributed by atoms with van der Waals surface area (Å²) in [5.41, 5.74) is 1.97. The molecule has 4 aromatic rings. The minimum atomic E-state index is -4.45. The molecule has 0 bridgehead atoms. The number of ether oxygens (including phenoxy) is 1. The van der Waals surface area contributed by atoms with E-state index in [4.69, 9.17) is 4.74 Å². The molecule has 2 heterocycles. The van der Waals surface area contributed by atoms with Crippen LogP contribution in [0, 0.1) is 6.92 Å². The van der Waals surface area contributed by atoms with Crippen molar-refractivity contribution in [1.82, 2.24) is 20.5 Å². The number of rotatable bonds is 11. The molecule has 5 rings (SSSR count). The van der Waals surface area contributed by atoms with E-state index in [9.17, 15) is 27.9 Å². The summed E-state index contributed by atoms with van der Waals surface area (Å²) in [5, 5.41) is 19.7. The smallest absolute Gasteiger partial charge is 0.390 e. The maximum Gasteiger partial charge on any atom is 0.416 e. The summed E-state index contributed by atoms with van der Waals surface area (Å²) in [6, 6.07) is 19.6. The molecule has 236 valence electrons. The number of thiazole rings is 1. The Morgan fingerprint density at radius 2 is 1.78 bits per heavy atom. The Labute approximate surface area is 262 Å². The van der Waals surface area contributed by atoms with Gasteiger partial charge in [0.1, 0.15) is 17.8 Å². The largest absolute Gasteiger partial charge is 0.416 e. The molecule has 1 saturated heterocycles. The van der Waals surface area contributed by atoms with Crippen LogP contribution in [0.5, 0.6) is 0 Å². The van der Waals surface area contributed by atoms with E-state index in [1.54, 1.807) is 29.2 Å². The molecule has 0 spiro atoms. The monoisotopic (exact) mass is 638 g/mol. The Morgan fingerprint density at radius 1 is 1.04 bits per heavy atom. The van der Waals surface area contributed by atoms with E-state index in [2.05, 4.69) is 15.6 Å². The fourth-order valence-corrected chi connectivity index (χ4v) is 5.99. The SMILES string of the molecule is Cc1csc(C2COCN2C(=O)c2cccc(C(=O)NC(Cc3ccccc3)C(O)CNCc3cccc(C(F)(F)F)c3)c2)n1. The number of aliphatic hydroxyl groups is 1. The number of nitrogens with zero attached hydrogens (tertiary/aromatic N) is 2. The first-order chi connectivity index (χ1) is 21.6. The van der Waals surface area contributed by atoms with Crippen LogP contribution < -0.4 is 10.6 Å². The zero-order valence-corrected chi connectivity index (χ0v) is 25.3. The lowest BCUT2D eigenvalue weighted by Gasteiger charge is -2.25. The van der Waals surface area contributed by atoms with Crippen LogP contribution >= 0.6 is 11.3 Å². The Kier molecular flexibility index (Phi) is 10.3. The number of aromatic nitrogens is 1. The van der Waals surface area contributed by atoms with Gasteiger partial charge in [-0.25, -0.2) is 4.98 Å². The molecule has 3 aromatic carbocycles. The third kappa shape index (κ3) is 8.34. The molecule has 45 heavy (non-hydrogen) atoms. The molecule has 3 unspecified atom stereocenters. The quantitative estimate of drug-likeness (QED) is 0.211. The molecule has 12 heteroatoms. The molecule has 1 aliphatic rings. The van der Waals surface area contributed by atoms with Crippen LogP contribution in [0.2, 0.25) is 0 Å². The van der Waals surface area contributed by atoms with Crippen molar-refractivity contribution in [1.29, 1.82) is 0 Å². The Hall–Kier alpha value is -4.10. The molecule has 0 saturated carbocycles. The molecule has 0 radical (unpaired) electrons. The Morgan fingerprint density at radius 3 is 2.51 bits per heavy atom. The minimum absolute atomic E-state index is 0.0130. The van der Waals surface area contributed by atoms with Gasteiger partial charge in [-0.2, -0.15) is 13.2 Å². The lowest BCUT2D eigenvalue weighted by Crippen LogP contribution is -2.48.